The lowest BCUT2D eigenvalue weighted by molar-refractivity contribution is -0.0466. The molecule has 0 saturated heterocycles. The second kappa shape index (κ2) is 9.96. The fourth-order valence-electron chi connectivity index (χ4n) is 1.36. The maximum atomic E-state index is 8.57. The van der Waals surface area contributed by atoms with Gasteiger partial charge in [-0.2, -0.15) is 0 Å². The van der Waals surface area contributed by atoms with Crippen LogP contribution in [-0.2, 0) is 0 Å². The van der Waals surface area contributed by atoms with Gasteiger partial charge in [0.25, 0.3) is 0 Å². The zero-order valence-electron chi connectivity index (χ0n) is 8.41. The first-order valence-corrected chi connectivity index (χ1v) is 5.33. The largest absolute Gasteiger partial charge is 0.368 e. The van der Waals surface area contributed by atoms with E-state index in [0.717, 1.165) is 25.8 Å². The van der Waals surface area contributed by atoms with Crippen molar-refractivity contribution in [3.05, 3.63) is 0 Å². The van der Waals surface area contributed by atoms with Crippen LogP contribution in [0.5, 0.6) is 0 Å². The molecule has 13 heavy (non-hydrogen) atoms. The van der Waals surface area contributed by atoms with Crippen molar-refractivity contribution in [2.75, 3.05) is 6.54 Å². The van der Waals surface area contributed by atoms with Crippen LogP contribution in [0.3, 0.4) is 0 Å². The molecule has 0 aromatic carbocycles. The van der Waals surface area contributed by atoms with Crippen LogP contribution in [0, 0.1) is 0 Å². The molecule has 0 heterocycles. The van der Waals surface area contributed by atoms with Gasteiger partial charge in [-0.3, -0.25) is 0 Å². The average molecular weight is 189 g/mol. The van der Waals surface area contributed by atoms with Crippen molar-refractivity contribution in [1.29, 1.82) is 0 Å². The van der Waals surface area contributed by atoms with Crippen LogP contribution in [0.1, 0.15) is 51.4 Å². The molecular formula is C10H23NO2. The van der Waals surface area contributed by atoms with E-state index < -0.39 is 6.29 Å². The van der Waals surface area contributed by atoms with Gasteiger partial charge in [0.15, 0.2) is 6.29 Å². The van der Waals surface area contributed by atoms with Crippen LogP contribution in [0.15, 0.2) is 0 Å². The van der Waals surface area contributed by atoms with Crippen molar-refractivity contribution in [2.45, 2.75) is 57.7 Å². The van der Waals surface area contributed by atoms with Gasteiger partial charge in [-0.1, -0.05) is 32.1 Å². The first-order valence-electron chi connectivity index (χ1n) is 5.33. The zero-order valence-corrected chi connectivity index (χ0v) is 8.41. The SMILES string of the molecule is NCCCCCCCCCC(O)O. The molecule has 0 fully saturated rings. The molecule has 0 saturated carbocycles. The minimum atomic E-state index is -1.11. The van der Waals surface area contributed by atoms with E-state index in [4.69, 9.17) is 15.9 Å². The van der Waals surface area contributed by atoms with Gasteiger partial charge in [-0.15, -0.1) is 0 Å². The molecule has 0 radical (unpaired) electrons. The summed E-state index contributed by atoms with van der Waals surface area (Å²) in [7, 11) is 0. The van der Waals surface area contributed by atoms with Crippen molar-refractivity contribution < 1.29 is 10.2 Å². The second-order valence-electron chi connectivity index (χ2n) is 3.53. The first-order chi connectivity index (χ1) is 6.27. The van der Waals surface area contributed by atoms with E-state index in [9.17, 15) is 0 Å². The number of hydrogen-bond donors (Lipinski definition) is 3. The normalized spacial score (nSPS) is 11.1. The monoisotopic (exact) mass is 189 g/mol. The molecule has 80 valence electrons. The Balaban J connectivity index is 2.84. The number of rotatable bonds is 9. The van der Waals surface area contributed by atoms with Crippen molar-refractivity contribution in [2.24, 2.45) is 5.73 Å². The number of aliphatic hydroxyl groups excluding tert-OH is 1. The molecule has 0 aliphatic carbocycles. The Morgan fingerprint density at radius 1 is 0.769 bits per heavy atom. The van der Waals surface area contributed by atoms with Crippen molar-refractivity contribution in [1.82, 2.24) is 0 Å². The summed E-state index contributed by atoms with van der Waals surface area (Å²) in [5.74, 6) is 0. The lowest BCUT2D eigenvalue weighted by Crippen LogP contribution is -2.02. The lowest BCUT2D eigenvalue weighted by atomic mass is 10.1. The Bertz CT molecular complexity index is 96.9. The Morgan fingerprint density at radius 2 is 1.23 bits per heavy atom. The molecule has 0 aliphatic heterocycles. The number of unbranched alkanes of at least 4 members (excludes halogenated alkanes) is 6. The number of hydrogen-bond acceptors (Lipinski definition) is 3. The third-order valence-electron chi connectivity index (χ3n) is 2.17. The Morgan fingerprint density at radius 3 is 1.69 bits per heavy atom. The molecule has 0 atom stereocenters. The summed E-state index contributed by atoms with van der Waals surface area (Å²) in [4.78, 5) is 0. The van der Waals surface area contributed by atoms with Gasteiger partial charge in [0.1, 0.15) is 0 Å². The summed E-state index contributed by atoms with van der Waals surface area (Å²) < 4.78 is 0. The molecular weight excluding hydrogens is 166 g/mol. The maximum Gasteiger partial charge on any atom is 0.151 e. The first kappa shape index (κ1) is 12.9. The average Bonchev–Trinajstić information content (AvgIpc) is 2.09. The Labute approximate surface area is 81.0 Å². The summed E-state index contributed by atoms with van der Waals surface area (Å²) in [6, 6.07) is 0. The van der Waals surface area contributed by atoms with Crippen molar-refractivity contribution in [3.8, 4) is 0 Å². The van der Waals surface area contributed by atoms with E-state index in [1.165, 1.54) is 25.7 Å². The van der Waals surface area contributed by atoms with Gasteiger partial charge in [-0.05, 0) is 25.8 Å². The molecule has 0 aliphatic rings. The fourth-order valence-corrected chi connectivity index (χ4v) is 1.36. The number of aliphatic hydroxyl groups is 2. The predicted molar refractivity (Wildman–Crippen MR) is 54.2 cm³/mol. The highest BCUT2D eigenvalue weighted by molar-refractivity contribution is 4.47. The standard InChI is InChI=1S/C10H23NO2/c11-9-7-5-3-1-2-4-6-8-10(12)13/h10,12-13H,1-9,11H2. The highest BCUT2D eigenvalue weighted by Gasteiger charge is 1.96. The van der Waals surface area contributed by atoms with Gasteiger partial charge in [0, 0.05) is 0 Å². The topological polar surface area (TPSA) is 66.5 Å². The van der Waals surface area contributed by atoms with Crippen LogP contribution in [0.2, 0.25) is 0 Å². The zero-order chi connectivity index (χ0) is 9.94. The van der Waals surface area contributed by atoms with E-state index in [2.05, 4.69) is 0 Å². The molecule has 0 rings (SSSR count). The van der Waals surface area contributed by atoms with Gasteiger partial charge in [0.05, 0.1) is 0 Å². The lowest BCUT2D eigenvalue weighted by Gasteiger charge is -2.03. The molecule has 3 heteroatoms. The van der Waals surface area contributed by atoms with Gasteiger partial charge < -0.3 is 15.9 Å². The van der Waals surface area contributed by atoms with Gasteiger partial charge >= 0.3 is 0 Å². The van der Waals surface area contributed by atoms with Crippen LogP contribution in [-0.4, -0.2) is 23.0 Å². The van der Waals surface area contributed by atoms with E-state index in [0.29, 0.717) is 6.42 Å². The Hall–Kier alpha value is -0.120. The summed E-state index contributed by atoms with van der Waals surface area (Å²) in [6.45, 7) is 0.802. The third-order valence-corrected chi connectivity index (χ3v) is 2.17. The summed E-state index contributed by atoms with van der Waals surface area (Å²) in [5.41, 5.74) is 5.37. The fraction of sp³-hybridized carbons (Fsp3) is 1.00. The van der Waals surface area contributed by atoms with Crippen LogP contribution < -0.4 is 5.73 Å². The van der Waals surface area contributed by atoms with E-state index in [1.807, 2.05) is 0 Å². The molecule has 0 aromatic heterocycles. The second-order valence-corrected chi connectivity index (χ2v) is 3.53. The minimum Gasteiger partial charge on any atom is -0.368 e. The summed E-state index contributed by atoms with van der Waals surface area (Å²) in [5, 5.41) is 17.1. The van der Waals surface area contributed by atoms with Crippen molar-refractivity contribution >= 4 is 0 Å². The quantitative estimate of drug-likeness (QED) is 0.379. The van der Waals surface area contributed by atoms with E-state index >= 15 is 0 Å². The van der Waals surface area contributed by atoms with E-state index in [1.54, 1.807) is 0 Å². The predicted octanol–water partition coefficient (Wildman–Crippen LogP) is 1.38. The van der Waals surface area contributed by atoms with E-state index in [-0.39, 0.29) is 0 Å². The highest BCUT2D eigenvalue weighted by atomic mass is 16.5. The Kier molecular flexibility index (Phi) is 9.87. The van der Waals surface area contributed by atoms with Gasteiger partial charge in [0.2, 0.25) is 0 Å². The minimum absolute atomic E-state index is 0.517. The van der Waals surface area contributed by atoms with Crippen LogP contribution in [0.4, 0.5) is 0 Å². The van der Waals surface area contributed by atoms with Crippen molar-refractivity contribution in [3.63, 3.8) is 0 Å². The molecule has 0 spiro atoms. The summed E-state index contributed by atoms with van der Waals surface area (Å²) in [6.07, 6.45) is 7.53. The molecule has 4 N–H and O–H groups in total. The summed E-state index contributed by atoms with van der Waals surface area (Å²) >= 11 is 0. The molecule has 0 bridgehead atoms. The molecule has 0 aromatic rings. The third kappa shape index (κ3) is 11.9. The van der Waals surface area contributed by atoms with Gasteiger partial charge in [-0.25, -0.2) is 0 Å². The molecule has 0 amide bonds. The highest BCUT2D eigenvalue weighted by Crippen LogP contribution is 2.08. The van der Waals surface area contributed by atoms with Crippen LogP contribution >= 0.6 is 0 Å². The van der Waals surface area contributed by atoms with Crippen LogP contribution in [0.25, 0.3) is 0 Å². The maximum absolute atomic E-state index is 8.57. The smallest absolute Gasteiger partial charge is 0.151 e. The molecule has 3 nitrogen and oxygen atoms in total. The number of nitrogens with two attached hydrogens (primary N) is 1. The molecule has 0 unspecified atom stereocenters.